The summed E-state index contributed by atoms with van der Waals surface area (Å²) in [5.74, 6) is 1.02. The average Bonchev–Trinajstić information content (AvgIpc) is 3.46. The summed E-state index contributed by atoms with van der Waals surface area (Å²) in [5, 5.41) is 0.881. The topological polar surface area (TPSA) is 56.6 Å². The summed E-state index contributed by atoms with van der Waals surface area (Å²) >= 11 is 7.05. The van der Waals surface area contributed by atoms with Crippen LogP contribution in [0.25, 0.3) is 26.8 Å². The fraction of sp³-hybridized carbons (Fsp3) is 0.214. The van der Waals surface area contributed by atoms with Crippen LogP contribution in [0.4, 0.5) is 0 Å². The fourth-order valence-corrected chi connectivity index (χ4v) is 7.44. The van der Waals surface area contributed by atoms with Crippen LogP contribution in [0.5, 0.6) is 5.75 Å². The van der Waals surface area contributed by atoms with E-state index in [1.807, 2.05) is 50.4 Å². The number of carbonyl (C=O) groups excluding carboxylic acids is 1. The molecule has 37 heavy (non-hydrogen) atoms. The largest absolute Gasteiger partial charge is 0.477 e. The zero-order valence-corrected chi connectivity index (χ0v) is 23.6. The Bertz CT molecular complexity index is 1600. The predicted octanol–water partition coefficient (Wildman–Crippen LogP) is 7.25. The van der Waals surface area contributed by atoms with Crippen LogP contribution in [0.3, 0.4) is 0 Å². The first kappa shape index (κ1) is 24.5. The van der Waals surface area contributed by atoms with E-state index in [4.69, 9.17) is 14.5 Å². The van der Waals surface area contributed by atoms with Gasteiger partial charge in [-0.1, -0.05) is 42.1 Å². The predicted molar refractivity (Wildman–Crippen MR) is 153 cm³/mol. The zero-order chi connectivity index (χ0) is 25.5. The van der Waals surface area contributed by atoms with Gasteiger partial charge in [0, 0.05) is 34.6 Å². The van der Waals surface area contributed by atoms with Crippen LogP contribution in [0, 0.1) is 0 Å². The molecule has 5 aromatic rings. The van der Waals surface area contributed by atoms with Crippen LogP contribution in [-0.2, 0) is 17.0 Å². The third-order valence-corrected chi connectivity index (χ3v) is 9.10. The Morgan fingerprint density at radius 1 is 1.19 bits per heavy atom. The Hall–Kier alpha value is -2.85. The number of carbonyl (C=O) groups is 1. The first-order valence-corrected chi connectivity index (χ1v) is 14.6. The number of benzene rings is 3. The van der Waals surface area contributed by atoms with Crippen LogP contribution in [0.2, 0.25) is 0 Å². The highest BCUT2D eigenvalue weighted by Gasteiger charge is 2.31. The minimum atomic E-state index is -0.320. The summed E-state index contributed by atoms with van der Waals surface area (Å²) in [5.41, 5.74) is 5.39. The molecule has 188 valence electrons. The van der Waals surface area contributed by atoms with Crippen molar-refractivity contribution in [3.05, 3.63) is 82.0 Å². The molecule has 0 atom stereocenters. The van der Waals surface area contributed by atoms with Crippen LogP contribution in [0.1, 0.15) is 28.5 Å². The number of hydrogen-bond donors (Lipinski definition) is 0. The maximum atomic E-state index is 13.6. The summed E-state index contributed by atoms with van der Waals surface area (Å²) < 4.78 is 16.9. The molecule has 0 saturated heterocycles. The van der Waals surface area contributed by atoms with Gasteiger partial charge in [0.15, 0.2) is 4.34 Å². The average molecular weight is 595 g/mol. The molecule has 6 nitrogen and oxygen atoms in total. The highest BCUT2D eigenvalue weighted by Crippen LogP contribution is 2.44. The molecule has 6 rings (SSSR count). The number of aromatic nitrogens is 2. The summed E-state index contributed by atoms with van der Waals surface area (Å²) in [6.45, 7) is 3.30. The normalized spacial score (nSPS) is 13.6. The molecule has 1 aliphatic rings. The molecule has 3 aromatic carbocycles. The molecule has 0 aliphatic carbocycles. The van der Waals surface area contributed by atoms with Crippen LogP contribution in [0.15, 0.2) is 69.5 Å². The Morgan fingerprint density at radius 2 is 1.97 bits per heavy atom. The minimum absolute atomic E-state index is 0.302. The van der Waals surface area contributed by atoms with Gasteiger partial charge in [-0.15, -0.1) is 11.3 Å². The van der Waals surface area contributed by atoms with E-state index in [-0.39, 0.29) is 5.97 Å². The monoisotopic (exact) mass is 593 g/mol. The van der Waals surface area contributed by atoms with Crippen molar-refractivity contribution in [2.75, 3.05) is 20.4 Å². The van der Waals surface area contributed by atoms with Crippen molar-refractivity contribution < 1.29 is 14.3 Å². The summed E-state index contributed by atoms with van der Waals surface area (Å²) in [6.07, 6.45) is 0. The van der Waals surface area contributed by atoms with E-state index in [2.05, 4.69) is 49.7 Å². The van der Waals surface area contributed by atoms with E-state index in [1.165, 1.54) is 0 Å². The van der Waals surface area contributed by atoms with Gasteiger partial charge >= 0.3 is 5.97 Å². The lowest BCUT2D eigenvalue weighted by atomic mass is 10.0. The molecule has 0 unspecified atom stereocenters. The maximum Gasteiger partial charge on any atom is 0.340 e. The highest BCUT2D eigenvalue weighted by molar-refractivity contribution is 9.10. The Labute approximate surface area is 231 Å². The van der Waals surface area contributed by atoms with Crippen molar-refractivity contribution in [1.29, 1.82) is 0 Å². The van der Waals surface area contributed by atoms with Gasteiger partial charge in [-0.2, -0.15) is 0 Å². The SMILES string of the molecule is CCOC(=O)c1c(CSc2nc3ccccc3s2)n(-c2ccccc2)c2cc(Br)c3c(c12)CN(C)CO3. The van der Waals surface area contributed by atoms with Gasteiger partial charge in [0.2, 0.25) is 0 Å². The van der Waals surface area contributed by atoms with E-state index < -0.39 is 0 Å². The van der Waals surface area contributed by atoms with Gasteiger partial charge < -0.3 is 14.0 Å². The van der Waals surface area contributed by atoms with Crippen molar-refractivity contribution >= 4 is 66.1 Å². The molecular weight excluding hydrogens is 570 g/mol. The molecule has 0 spiro atoms. The summed E-state index contributed by atoms with van der Waals surface area (Å²) in [4.78, 5) is 20.5. The number of halogens is 1. The van der Waals surface area contributed by atoms with Crippen molar-refractivity contribution in [2.45, 2.75) is 23.6 Å². The first-order valence-electron chi connectivity index (χ1n) is 12.0. The fourth-order valence-electron chi connectivity index (χ4n) is 4.80. The Balaban J connectivity index is 1.59. The maximum absolute atomic E-state index is 13.6. The van der Waals surface area contributed by atoms with Crippen LogP contribution < -0.4 is 4.74 Å². The third-order valence-electron chi connectivity index (χ3n) is 6.32. The van der Waals surface area contributed by atoms with E-state index >= 15 is 0 Å². The minimum Gasteiger partial charge on any atom is -0.477 e. The molecule has 0 bridgehead atoms. The number of thiazole rings is 1. The molecule has 0 amide bonds. The van der Waals surface area contributed by atoms with Gasteiger partial charge in [0.25, 0.3) is 0 Å². The zero-order valence-electron chi connectivity index (χ0n) is 20.4. The number of hydrogen-bond acceptors (Lipinski definition) is 7. The lowest BCUT2D eigenvalue weighted by Crippen LogP contribution is -2.28. The number of ether oxygens (including phenoxy) is 2. The molecule has 3 heterocycles. The van der Waals surface area contributed by atoms with Crippen molar-refractivity contribution in [2.24, 2.45) is 0 Å². The molecule has 0 saturated carbocycles. The van der Waals surface area contributed by atoms with Gasteiger partial charge in [-0.25, -0.2) is 9.78 Å². The lowest BCUT2D eigenvalue weighted by Gasteiger charge is -2.27. The standard InChI is InChI=1S/C28H24BrN3O3S2/c1-3-34-27(33)25-22(15-36-28-30-20-11-7-8-12-23(20)37-28)32(17-9-5-4-6-10-17)21-13-19(29)26-18(24(21)25)14-31(2)16-35-26/h4-13H,3,14-16H2,1-2H3. The lowest BCUT2D eigenvalue weighted by molar-refractivity contribution is 0.0527. The number of fused-ring (bicyclic) bond motifs is 4. The molecule has 0 radical (unpaired) electrons. The number of nitrogens with zero attached hydrogens (tertiary/aromatic N) is 3. The Morgan fingerprint density at radius 3 is 2.76 bits per heavy atom. The first-order chi connectivity index (χ1) is 18.0. The van der Waals surface area contributed by atoms with Gasteiger partial charge in [0.05, 0.1) is 32.4 Å². The summed E-state index contributed by atoms with van der Waals surface area (Å²) in [7, 11) is 2.01. The number of rotatable bonds is 6. The highest BCUT2D eigenvalue weighted by atomic mass is 79.9. The van der Waals surface area contributed by atoms with Crippen molar-refractivity contribution in [3.63, 3.8) is 0 Å². The van der Waals surface area contributed by atoms with E-state index in [0.29, 0.717) is 31.2 Å². The number of esters is 1. The smallest absolute Gasteiger partial charge is 0.340 e. The molecule has 0 fully saturated rings. The van der Waals surface area contributed by atoms with Gasteiger partial charge in [-0.05, 0) is 60.2 Å². The second-order valence-electron chi connectivity index (χ2n) is 8.80. The van der Waals surface area contributed by atoms with E-state index in [9.17, 15) is 4.79 Å². The molecular formula is C28H24BrN3O3S2. The van der Waals surface area contributed by atoms with E-state index in [0.717, 1.165) is 52.6 Å². The van der Waals surface area contributed by atoms with Crippen molar-refractivity contribution in [3.8, 4) is 11.4 Å². The number of thioether (sulfide) groups is 1. The Kier molecular flexibility index (Phi) is 6.71. The molecule has 9 heteroatoms. The van der Waals surface area contributed by atoms with E-state index in [1.54, 1.807) is 23.1 Å². The molecule has 1 aliphatic heterocycles. The summed E-state index contributed by atoms with van der Waals surface area (Å²) in [6, 6.07) is 20.4. The molecule has 0 N–H and O–H groups in total. The quantitative estimate of drug-likeness (QED) is 0.153. The van der Waals surface area contributed by atoms with Crippen LogP contribution >= 0.6 is 39.0 Å². The second-order valence-corrected chi connectivity index (χ2v) is 11.9. The molecule has 2 aromatic heterocycles. The van der Waals surface area contributed by atoms with Crippen molar-refractivity contribution in [1.82, 2.24) is 14.5 Å². The van der Waals surface area contributed by atoms with Crippen LogP contribution in [-0.4, -0.2) is 40.8 Å². The van der Waals surface area contributed by atoms with Gasteiger partial charge in [0.1, 0.15) is 12.5 Å². The third kappa shape index (κ3) is 4.44. The number of para-hydroxylation sites is 2. The van der Waals surface area contributed by atoms with Gasteiger partial charge in [-0.3, -0.25) is 4.90 Å². The second kappa shape index (κ2) is 10.1.